The molecule has 1 aliphatic rings. The first-order valence-electron chi connectivity index (χ1n) is 12.0. The lowest BCUT2D eigenvalue weighted by Gasteiger charge is -2.30. The molecule has 180 valence electrons. The van der Waals surface area contributed by atoms with Gasteiger partial charge in [0.15, 0.2) is 0 Å². The number of hydrogen-bond donors (Lipinski definition) is 3. The van der Waals surface area contributed by atoms with Gasteiger partial charge in [-0.15, -0.1) is 0 Å². The summed E-state index contributed by atoms with van der Waals surface area (Å²) in [5, 5.41) is 9.15. The van der Waals surface area contributed by atoms with Gasteiger partial charge in [0.2, 0.25) is 5.91 Å². The number of nitrogens with one attached hydrogen (secondary N) is 2. The molecule has 7 heteroatoms. The SMILES string of the molecule is CCC(CN1CC[C@@H](CNC(=O)c2ccc3cc(Cl)ccc3c2)NC(CCN)C1=O)C(C)C. The molecule has 4 N–H and O–H groups in total. The van der Waals surface area contributed by atoms with E-state index in [9.17, 15) is 9.59 Å². The fraction of sp³-hybridized carbons (Fsp3) is 0.538. The quantitative estimate of drug-likeness (QED) is 0.517. The molecule has 0 aromatic heterocycles. The van der Waals surface area contributed by atoms with Gasteiger partial charge in [-0.3, -0.25) is 9.59 Å². The number of carbonyl (C=O) groups is 2. The van der Waals surface area contributed by atoms with Crippen molar-refractivity contribution in [2.45, 2.75) is 52.1 Å². The van der Waals surface area contributed by atoms with Crippen LogP contribution in [-0.2, 0) is 4.79 Å². The summed E-state index contributed by atoms with van der Waals surface area (Å²) in [6.07, 6.45) is 2.43. The summed E-state index contributed by atoms with van der Waals surface area (Å²) in [5.74, 6) is 1.01. The second-order valence-electron chi connectivity index (χ2n) is 9.40. The van der Waals surface area contributed by atoms with Crippen LogP contribution in [0.25, 0.3) is 10.8 Å². The Morgan fingerprint density at radius 3 is 2.67 bits per heavy atom. The van der Waals surface area contributed by atoms with E-state index in [-0.39, 0.29) is 23.9 Å². The monoisotopic (exact) mass is 472 g/mol. The van der Waals surface area contributed by atoms with Crippen molar-refractivity contribution in [1.29, 1.82) is 0 Å². The minimum Gasteiger partial charge on any atom is -0.350 e. The van der Waals surface area contributed by atoms with E-state index in [2.05, 4.69) is 31.4 Å². The van der Waals surface area contributed by atoms with Gasteiger partial charge in [-0.1, -0.05) is 50.9 Å². The summed E-state index contributed by atoms with van der Waals surface area (Å²) in [5.41, 5.74) is 6.41. The van der Waals surface area contributed by atoms with E-state index >= 15 is 0 Å². The second kappa shape index (κ2) is 11.8. The van der Waals surface area contributed by atoms with Crippen molar-refractivity contribution >= 4 is 34.2 Å². The highest BCUT2D eigenvalue weighted by atomic mass is 35.5. The maximum atomic E-state index is 13.2. The van der Waals surface area contributed by atoms with Gasteiger partial charge in [-0.2, -0.15) is 0 Å². The van der Waals surface area contributed by atoms with Crippen molar-refractivity contribution in [3.05, 3.63) is 47.0 Å². The first-order valence-corrected chi connectivity index (χ1v) is 12.4. The predicted octanol–water partition coefficient (Wildman–Crippen LogP) is 3.81. The molecule has 1 aliphatic heterocycles. The zero-order valence-corrected chi connectivity index (χ0v) is 20.7. The first-order chi connectivity index (χ1) is 15.8. The molecule has 3 rings (SSSR count). The third kappa shape index (κ3) is 6.69. The average Bonchev–Trinajstić information content (AvgIpc) is 2.94. The number of benzene rings is 2. The molecule has 0 saturated carbocycles. The molecule has 1 saturated heterocycles. The molecule has 3 atom stereocenters. The van der Waals surface area contributed by atoms with Crippen LogP contribution >= 0.6 is 11.6 Å². The third-order valence-electron chi connectivity index (χ3n) is 6.75. The van der Waals surface area contributed by atoms with E-state index in [0.717, 1.165) is 30.2 Å². The average molecular weight is 473 g/mol. The number of nitrogens with zero attached hydrogens (tertiary/aromatic N) is 1. The van der Waals surface area contributed by atoms with Crippen LogP contribution in [-0.4, -0.2) is 55.0 Å². The van der Waals surface area contributed by atoms with Crippen molar-refractivity contribution in [1.82, 2.24) is 15.5 Å². The lowest BCUT2D eigenvalue weighted by atomic mass is 9.92. The van der Waals surface area contributed by atoms with Crippen molar-refractivity contribution in [2.24, 2.45) is 17.6 Å². The standard InChI is InChI=1S/C26H37ClN4O2/c1-4-18(17(2)3)16-31-12-10-23(30-24(9-11-28)26(31)33)15-29-25(32)21-6-5-20-14-22(27)8-7-19(20)13-21/h5-8,13-14,17-18,23-24,30H,4,9-12,15-16,28H2,1-3H3,(H,29,32)/t18?,23-,24?/m0/s1. The Labute approximate surface area is 202 Å². The molecular weight excluding hydrogens is 436 g/mol. The zero-order valence-electron chi connectivity index (χ0n) is 19.9. The Hall–Kier alpha value is -2.15. The maximum Gasteiger partial charge on any atom is 0.251 e. The molecule has 2 unspecified atom stereocenters. The Balaban J connectivity index is 1.64. The van der Waals surface area contributed by atoms with Crippen molar-refractivity contribution in [3.63, 3.8) is 0 Å². The topological polar surface area (TPSA) is 87.5 Å². The minimum absolute atomic E-state index is 0.0119. The zero-order chi connectivity index (χ0) is 24.0. The molecular formula is C26H37ClN4O2. The summed E-state index contributed by atoms with van der Waals surface area (Å²) < 4.78 is 0. The van der Waals surface area contributed by atoms with Crippen LogP contribution < -0.4 is 16.4 Å². The summed E-state index contributed by atoms with van der Waals surface area (Å²) in [6, 6.07) is 10.9. The fourth-order valence-electron chi connectivity index (χ4n) is 4.57. The number of amides is 2. The highest BCUT2D eigenvalue weighted by molar-refractivity contribution is 6.31. The second-order valence-corrected chi connectivity index (χ2v) is 9.83. The van der Waals surface area contributed by atoms with Crippen LogP contribution in [0.1, 0.15) is 50.4 Å². The molecule has 2 aromatic rings. The number of carbonyl (C=O) groups excluding carboxylic acids is 2. The van der Waals surface area contributed by atoms with Gasteiger partial charge in [-0.05, 0) is 66.3 Å². The van der Waals surface area contributed by atoms with E-state index in [1.165, 1.54) is 0 Å². The minimum atomic E-state index is -0.311. The van der Waals surface area contributed by atoms with E-state index < -0.39 is 0 Å². The number of hydrogen-bond acceptors (Lipinski definition) is 4. The van der Waals surface area contributed by atoms with E-state index in [1.807, 2.05) is 41.3 Å². The van der Waals surface area contributed by atoms with Crippen molar-refractivity contribution < 1.29 is 9.59 Å². The summed E-state index contributed by atoms with van der Waals surface area (Å²) in [6.45, 7) is 8.98. The van der Waals surface area contributed by atoms with Crippen molar-refractivity contribution in [2.75, 3.05) is 26.2 Å². The van der Waals surface area contributed by atoms with Crippen LogP contribution in [0.5, 0.6) is 0 Å². The lowest BCUT2D eigenvalue weighted by molar-refractivity contribution is -0.133. The maximum absolute atomic E-state index is 13.2. The largest absolute Gasteiger partial charge is 0.350 e. The van der Waals surface area contributed by atoms with Gasteiger partial charge in [0, 0.05) is 36.3 Å². The van der Waals surface area contributed by atoms with Crippen LogP contribution in [0.2, 0.25) is 5.02 Å². The summed E-state index contributed by atoms with van der Waals surface area (Å²) in [7, 11) is 0. The van der Waals surface area contributed by atoms with Gasteiger partial charge in [0.05, 0.1) is 6.04 Å². The molecule has 2 amide bonds. The van der Waals surface area contributed by atoms with Crippen LogP contribution in [0, 0.1) is 11.8 Å². The lowest BCUT2D eigenvalue weighted by Crippen LogP contribution is -2.50. The molecule has 33 heavy (non-hydrogen) atoms. The van der Waals surface area contributed by atoms with Crippen LogP contribution in [0.3, 0.4) is 0 Å². The van der Waals surface area contributed by atoms with Gasteiger partial charge in [0.1, 0.15) is 0 Å². The first kappa shape index (κ1) is 25.5. The third-order valence-corrected chi connectivity index (χ3v) is 6.98. The Morgan fingerprint density at radius 2 is 1.97 bits per heavy atom. The smallest absolute Gasteiger partial charge is 0.251 e. The molecule has 0 spiro atoms. The van der Waals surface area contributed by atoms with E-state index in [0.29, 0.717) is 48.5 Å². The number of nitrogens with two attached hydrogens (primary N) is 1. The van der Waals surface area contributed by atoms with E-state index in [4.69, 9.17) is 17.3 Å². The molecule has 0 radical (unpaired) electrons. The van der Waals surface area contributed by atoms with Crippen LogP contribution in [0.15, 0.2) is 36.4 Å². The Kier molecular flexibility index (Phi) is 9.12. The molecule has 0 bridgehead atoms. The normalized spacial score (nSPS) is 20.2. The number of rotatable bonds is 9. The summed E-state index contributed by atoms with van der Waals surface area (Å²) >= 11 is 6.05. The van der Waals surface area contributed by atoms with Crippen molar-refractivity contribution in [3.8, 4) is 0 Å². The molecule has 1 fully saturated rings. The van der Waals surface area contributed by atoms with Gasteiger partial charge >= 0.3 is 0 Å². The van der Waals surface area contributed by atoms with Gasteiger partial charge in [-0.25, -0.2) is 0 Å². The molecule has 0 aliphatic carbocycles. The predicted molar refractivity (Wildman–Crippen MR) is 135 cm³/mol. The highest BCUT2D eigenvalue weighted by Crippen LogP contribution is 2.21. The fourth-order valence-corrected chi connectivity index (χ4v) is 4.75. The molecule has 6 nitrogen and oxygen atoms in total. The Bertz CT molecular complexity index is 964. The van der Waals surface area contributed by atoms with E-state index in [1.54, 1.807) is 0 Å². The molecule has 2 aromatic carbocycles. The number of fused-ring (bicyclic) bond motifs is 1. The number of halogens is 1. The van der Waals surface area contributed by atoms with Gasteiger partial charge < -0.3 is 21.3 Å². The highest BCUT2D eigenvalue weighted by Gasteiger charge is 2.31. The summed E-state index contributed by atoms with van der Waals surface area (Å²) in [4.78, 5) is 28.0. The Morgan fingerprint density at radius 1 is 1.24 bits per heavy atom. The van der Waals surface area contributed by atoms with Gasteiger partial charge in [0.25, 0.3) is 5.91 Å². The molecule has 1 heterocycles. The van der Waals surface area contributed by atoms with Crippen LogP contribution in [0.4, 0.5) is 0 Å².